The Bertz CT molecular complexity index is 577. The summed E-state index contributed by atoms with van der Waals surface area (Å²) in [5, 5.41) is 21.7. The second kappa shape index (κ2) is 6.66. The lowest BCUT2D eigenvalue weighted by Gasteiger charge is -2.26. The molecule has 1 fully saturated rings. The number of nitro benzene ring substituents is 1. The molecule has 8 heteroatoms. The Kier molecular flexibility index (Phi) is 4.89. The van der Waals surface area contributed by atoms with Crippen LogP contribution in [0.3, 0.4) is 0 Å². The van der Waals surface area contributed by atoms with Gasteiger partial charge in [-0.3, -0.25) is 25.0 Å². The van der Waals surface area contributed by atoms with Gasteiger partial charge in [0, 0.05) is 40.9 Å². The van der Waals surface area contributed by atoms with Gasteiger partial charge in [-0.25, -0.2) is 0 Å². The number of ketones is 1. The molecule has 0 saturated carbocycles. The molecule has 1 aromatic rings. The lowest BCUT2D eigenvalue weighted by atomic mass is 9.83. The Morgan fingerprint density at radius 3 is 2.71 bits per heavy atom. The molecular formula is C13H14N2O5S. The maximum Gasteiger partial charge on any atom is 0.269 e. The van der Waals surface area contributed by atoms with Crippen molar-refractivity contribution in [3.05, 3.63) is 50.1 Å². The van der Waals surface area contributed by atoms with Crippen LogP contribution in [0, 0.1) is 26.1 Å². The minimum absolute atomic E-state index is 0.00658. The molecule has 21 heavy (non-hydrogen) atoms. The molecule has 0 radical (unpaired) electrons. The first-order valence-corrected chi connectivity index (χ1v) is 7.61. The molecule has 2 atom stereocenters. The van der Waals surface area contributed by atoms with Gasteiger partial charge in [0.1, 0.15) is 5.78 Å². The predicted molar refractivity (Wildman–Crippen MR) is 78.1 cm³/mol. The first kappa shape index (κ1) is 15.4. The summed E-state index contributed by atoms with van der Waals surface area (Å²) in [5.41, 5.74) is 0.374. The highest BCUT2D eigenvalue weighted by Crippen LogP contribution is 2.34. The molecule has 0 aliphatic carbocycles. The molecule has 0 spiro atoms. The number of nitrogens with zero attached hydrogens (tertiary/aromatic N) is 2. The van der Waals surface area contributed by atoms with E-state index in [4.69, 9.17) is 0 Å². The van der Waals surface area contributed by atoms with Crippen LogP contribution in [0.15, 0.2) is 24.3 Å². The number of hydrogen-bond donors (Lipinski definition) is 0. The van der Waals surface area contributed by atoms with Crippen LogP contribution in [-0.2, 0) is 4.79 Å². The Morgan fingerprint density at radius 1 is 1.33 bits per heavy atom. The van der Waals surface area contributed by atoms with Gasteiger partial charge in [-0.05, 0) is 5.56 Å². The van der Waals surface area contributed by atoms with E-state index in [1.807, 2.05) is 0 Å². The quantitative estimate of drug-likeness (QED) is 0.610. The van der Waals surface area contributed by atoms with E-state index < -0.39 is 28.2 Å². The molecule has 0 aromatic heterocycles. The van der Waals surface area contributed by atoms with E-state index in [1.165, 1.54) is 18.2 Å². The number of Topliss-reactive ketones (excluding diaryl/α,β-unsaturated/α-hetero) is 1. The smallest absolute Gasteiger partial charge is 0.269 e. The summed E-state index contributed by atoms with van der Waals surface area (Å²) in [7, 11) is 0. The summed E-state index contributed by atoms with van der Waals surface area (Å²) < 4.78 is 0. The van der Waals surface area contributed by atoms with Crippen LogP contribution < -0.4 is 0 Å². The highest BCUT2D eigenvalue weighted by Gasteiger charge is 2.35. The molecule has 1 aliphatic heterocycles. The number of thioether (sulfide) groups is 1. The number of non-ortho nitro benzene ring substituents is 1. The van der Waals surface area contributed by atoms with E-state index in [9.17, 15) is 25.0 Å². The predicted octanol–water partition coefficient (Wildman–Crippen LogP) is 2.28. The van der Waals surface area contributed by atoms with E-state index in [0.29, 0.717) is 17.7 Å². The fourth-order valence-electron chi connectivity index (χ4n) is 2.50. The third-order valence-electron chi connectivity index (χ3n) is 3.54. The minimum atomic E-state index is -0.611. The number of carbonyl (C=O) groups excluding carboxylic acids is 1. The summed E-state index contributed by atoms with van der Waals surface area (Å²) in [6.07, 6.45) is 0.401. The van der Waals surface area contributed by atoms with Crippen molar-refractivity contribution in [1.82, 2.24) is 0 Å². The van der Waals surface area contributed by atoms with Gasteiger partial charge in [0.25, 0.3) is 5.69 Å². The van der Waals surface area contributed by atoms with Gasteiger partial charge in [-0.15, -0.1) is 0 Å². The van der Waals surface area contributed by atoms with Crippen molar-refractivity contribution in [2.75, 3.05) is 18.1 Å². The third-order valence-corrected chi connectivity index (χ3v) is 4.63. The summed E-state index contributed by atoms with van der Waals surface area (Å²) in [6, 6.07) is 5.79. The van der Waals surface area contributed by atoms with Crippen molar-refractivity contribution in [2.45, 2.75) is 12.3 Å². The highest BCUT2D eigenvalue weighted by molar-refractivity contribution is 7.99. The van der Waals surface area contributed by atoms with Crippen LogP contribution in [-0.4, -0.2) is 33.7 Å². The van der Waals surface area contributed by atoms with E-state index in [0.717, 1.165) is 5.75 Å². The normalized spacial score (nSPS) is 20.0. The highest BCUT2D eigenvalue weighted by atomic mass is 32.2. The van der Waals surface area contributed by atoms with Crippen molar-refractivity contribution in [3.8, 4) is 0 Å². The van der Waals surface area contributed by atoms with Gasteiger partial charge in [0.05, 0.1) is 10.8 Å². The fourth-order valence-corrected chi connectivity index (χ4v) is 3.68. The van der Waals surface area contributed by atoms with Crippen LogP contribution in [0.5, 0.6) is 0 Å². The van der Waals surface area contributed by atoms with Crippen molar-refractivity contribution in [2.24, 2.45) is 5.92 Å². The van der Waals surface area contributed by atoms with Gasteiger partial charge >= 0.3 is 0 Å². The number of benzene rings is 1. The molecular weight excluding hydrogens is 296 g/mol. The molecule has 7 nitrogen and oxygen atoms in total. The largest absolute Gasteiger partial charge is 0.299 e. The molecule has 112 valence electrons. The summed E-state index contributed by atoms with van der Waals surface area (Å²) in [6.45, 7) is -0.391. The van der Waals surface area contributed by atoms with Gasteiger partial charge in [-0.2, -0.15) is 11.8 Å². The van der Waals surface area contributed by atoms with Crippen LogP contribution in [0.2, 0.25) is 0 Å². The lowest BCUT2D eigenvalue weighted by Crippen LogP contribution is -2.32. The Labute approximate surface area is 125 Å². The molecule has 0 N–H and O–H groups in total. The zero-order valence-corrected chi connectivity index (χ0v) is 12.0. The number of nitro groups is 2. The van der Waals surface area contributed by atoms with Gasteiger partial charge in [0.2, 0.25) is 6.54 Å². The average molecular weight is 310 g/mol. The van der Waals surface area contributed by atoms with Crippen LogP contribution >= 0.6 is 11.8 Å². The van der Waals surface area contributed by atoms with Gasteiger partial charge < -0.3 is 0 Å². The second-order valence-electron chi connectivity index (χ2n) is 4.87. The van der Waals surface area contributed by atoms with Crippen molar-refractivity contribution >= 4 is 23.2 Å². The first-order chi connectivity index (χ1) is 9.99. The molecule has 0 unspecified atom stereocenters. The fraction of sp³-hybridized carbons (Fsp3) is 0.462. The second-order valence-corrected chi connectivity index (χ2v) is 6.02. The topological polar surface area (TPSA) is 103 Å². The maximum atomic E-state index is 12.0. The van der Waals surface area contributed by atoms with E-state index in [2.05, 4.69) is 0 Å². The maximum absolute atomic E-state index is 12.0. The standard InChI is InChI=1S/C13H14N2O5S/c16-13-4-5-21-8-12(13)11(7-14(17)18)9-2-1-3-10(6-9)15(19)20/h1-3,6,11-12H,4-5,7-8H2/t11-,12-/m0/s1. The van der Waals surface area contributed by atoms with Crippen LogP contribution in [0.25, 0.3) is 0 Å². The lowest BCUT2D eigenvalue weighted by molar-refractivity contribution is -0.484. The van der Waals surface area contributed by atoms with Crippen LogP contribution in [0.1, 0.15) is 17.9 Å². The Hall–Kier alpha value is -1.96. The molecule has 0 amide bonds. The zero-order valence-electron chi connectivity index (χ0n) is 11.1. The van der Waals surface area contributed by atoms with Crippen molar-refractivity contribution < 1.29 is 14.6 Å². The number of rotatable bonds is 5. The average Bonchev–Trinajstić information content (AvgIpc) is 2.45. The first-order valence-electron chi connectivity index (χ1n) is 6.45. The number of hydrogen-bond acceptors (Lipinski definition) is 6. The Balaban J connectivity index is 2.35. The molecule has 0 bridgehead atoms. The summed E-state index contributed by atoms with van der Waals surface area (Å²) in [5.74, 6) is 0.207. The monoisotopic (exact) mass is 310 g/mol. The molecule has 1 heterocycles. The van der Waals surface area contributed by atoms with Crippen molar-refractivity contribution in [1.29, 1.82) is 0 Å². The van der Waals surface area contributed by atoms with Gasteiger partial charge in [-0.1, -0.05) is 12.1 Å². The summed E-state index contributed by atoms with van der Waals surface area (Å²) >= 11 is 1.59. The molecule has 1 saturated heterocycles. The molecule has 1 aliphatic rings. The van der Waals surface area contributed by atoms with Crippen LogP contribution in [0.4, 0.5) is 5.69 Å². The minimum Gasteiger partial charge on any atom is -0.299 e. The Morgan fingerprint density at radius 2 is 2.10 bits per heavy atom. The van der Waals surface area contributed by atoms with E-state index >= 15 is 0 Å². The van der Waals surface area contributed by atoms with Gasteiger partial charge in [0.15, 0.2) is 0 Å². The van der Waals surface area contributed by atoms with E-state index in [-0.39, 0.29) is 11.5 Å². The SMILES string of the molecule is O=C1CCSC[C@H]1[C@@H](C[N+](=O)[O-])c1cccc([N+](=O)[O-])c1. The zero-order chi connectivity index (χ0) is 15.4. The van der Waals surface area contributed by atoms with E-state index in [1.54, 1.807) is 17.8 Å². The van der Waals surface area contributed by atoms with Crippen molar-refractivity contribution in [3.63, 3.8) is 0 Å². The number of carbonyl (C=O) groups is 1. The third kappa shape index (κ3) is 3.78. The summed E-state index contributed by atoms with van der Waals surface area (Å²) in [4.78, 5) is 32.8. The molecule has 2 rings (SSSR count). The molecule has 1 aromatic carbocycles.